The van der Waals surface area contributed by atoms with Gasteiger partial charge in [0.1, 0.15) is 0 Å². The average molecular weight is 349 g/mol. The van der Waals surface area contributed by atoms with Crippen molar-refractivity contribution in [3.05, 3.63) is 28.7 Å². The maximum absolute atomic E-state index is 12.0. The quantitative estimate of drug-likeness (QED) is 0.820. The number of hydrogen-bond donors (Lipinski definition) is 2. The van der Waals surface area contributed by atoms with Gasteiger partial charge in [0.05, 0.1) is 10.9 Å². The van der Waals surface area contributed by atoms with Gasteiger partial charge < -0.3 is 5.32 Å². The second kappa shape index (κ2) is 7.02. The van der Waals surface area contributed by atoms with E-state index < -0.39 is 16.1 Å². The molecule has 0 aliphatic heterocycles. The molecule has 0 heterocycles. The van der Waals surface area contributed by atoms with E-state index in [0.717, 1.165) is 10.9 Å². The Labute approximate surface area is 122 Å². The molecule has 0 spiro atoms. The Kier molecular flexibility index (Phi) is 5.96. The van der Waals surface area contributed by atoms with Gasteiger partial charge in [0, 0.05) is 11.0 Å². The number of hydrogen-bond acceptors (Lipinski definition) is 3. The molecule has 1 amide bonds. The van der Waals surface area contributed by atoms with Gasteiger partial charge in [-0.25, -0.2) is 8.42 Å². The molecule has 0 aliphatic rings. The molecule has 2 N–H and O–H groups in total. The van der Waals surface area contributed by atoms with Crippen LogP contribution in [0.25, 0.3) is 0 Å². The van der Waals surface area contributed by atoms with Gasteiger partial charge in [-0.15, -0.1) is 0 Å². The number of sulfonamides is 1. The first-order valence-corrected chi connectivity index (χ1v) is 8.20. The molecular weight excluding hydrogens is 332 g/mol. The predicted molar refractivity (Wildman–Crippen MR) is 77.2 cm³/mol. The summed E-state index contributed by atoms with van der Waals surface area (Å²) in [5.74, 6) is -0.331. The van der Waals surface area contributed by atoms with E-state index in [9.17, 15) is 13.2 Å². The highest BCUT2D eigenvalue weighted by atomic mass is 79.9. The Morgan fingerprint density at radius 3 is 2.42 bits per heavy atom. The molecule has 0 bridgehead atoms. The molecule has 0 aliphatic carbocycles. The predicted octanol–water partition coefficient (Wildman–Crippen LogP) is 1.64. The van der Waals surface area contributed by atoms with E-state index in [1.165, 1.54) is 19.1 Å². The topological polar surface area (TPSA) is 75.3 Å². The molecule has 1 aromatic carbocycles. The lowest BCUT2D eigenvalue weighted by Gasteiger charge is -2.14. The molecule has 0 radical (unpaired) electrons. The van der Waals surface area contributed by atoms with Crippen molar-refractivity contribution in [3.8, 4) is 0 Å². The van der Waals surface area contributed by atoms with Crippen LogP contribution in [-0.2, 0) is 14.8 Å². The molecule has 19 heavy (non-hydrogen) atoms. The Bertz CT molecular complexity index is 528. The molecule has 1 aromatic rings. The summed E-state index contributed by atoms with van der Waals surface area (Å²) in [6, 6.07) is 5.42. The van der Waals surface area contributed by atoms with Crippen molar-refractivity contribution in [3.63, 3.8) is 0 Å². The number of rotatable bonds is 6. The highest BCUT2D eigenvalue weighted by Crippen LogP contribution is 2.14. The zero-order valence-electron chi connectivity index (χ0n) is 10.8. The van der Waals surface area contributed by atoms with Crippen molar-refractivity contribution >= 4 is 31.9 Å². The molecule has 1 atom stereocenters. The van der Waals surface area contributed by atoms with Gasteiger partial charge >= 0.3 is 0 Å². The minimum Gasteiger partial charge on any atom is -0.355 e. The maximum atomic E-state index is 12.0. The van der Waals surface area contributed by atoms with Crippen LogP contribution in [-0.4, -0.2) is 26.9 Å². The van der Waals surface area contributed by atoms with Crippen LogP contribution in [0.4, 0.5) is 0 Å². The number of carbonyl (C=O) groups excluding carboxylic acids is 1. The van der Waals surface area contributed by atoms with Crippen molar-refractivity contribution in [1.82, 2.24) is 10.0 Å². The van der Waals surface area contributed by atoms with Gasteiger partial charge in [-0.2, -0.15) is 4.72 Å². The SMILES string of the molecule is CCCNC(=O)[C@@H](C)NS(=O)(=O)c1ccc(Br)cc1. The molecule has 1 rings (SSSR count). The van der Waals surface area contributed by atoms with Crippen LogP contribution in [0.15, 0.2) is 33.6 Å². The lowest BCUT2D eigenvalue weighted by molar-refractivity contribution is -0.122. The Hall–Kier alpha value is -0.920. The fraction of sp³-hybridized carbons (Fsp3) is 0.417. The molecule has 106 valence electrons. The summed E-state index contributed by atoms with van der Waals surface area (Å²) in [5.41, 5.74) is 0. The molecule has 5 nitrogen and oxygen atoms in total. The number of halogens is 1. The van der Waals surface area contributed by atoms with E-state index in [2.05, 4.69) is 26.0 Å². The summed E-state index contributed by atoms with van der Waals surface area (Å²) >= 11 is 3.24. The highest BCUT2D eigenvalue weighted by molar-refractivity contribution is 9.10. The van der Waals surface area contributed by atoms with E-state index in [1.807, 2.05) is 6.92 Å². The van der Waals surface area contributed by atoms with Gasteiger partial charge in [0.25, 0.3) is 0 Å². The van der Waals surface area contributed by atoms with Gasteiger partial charge in [-0.05, 0) is 37.6 Å². The van der Waals surface area contributed by atoms with Gasteiger partial charge in [0.15, 0.2) is 0 Å². The monoisotopic (exact) mass is 348 g/mol. The van der Waals surface area contributed by atoms with Gasteiger partial charge in [0.2, 0.25) is 15.9 Å². The molecule has 0 saturated carbocycles. The zero-order valence-corrected chi connectivity index (χ0v) is 13.2. The molecule has 7 heteroatoms. The van der Waals surface area contributed by atoms with Crippen LogP contribution in [0.2, 0.25) is 0 Å². The minimum atomic E-state index is -3.68. The Morgan fingerprint density at radius 1 is 1.32 bits per heavy atom. The molecule has 0 unspecified atom stereocenters. The number of nitrogens with one attached hydrogen (secondary N) is 2. The smallest absolute Gasteiger partial charge is 0.241 e. The maximum Gasteiger partial charge on any atom is 0.241 e. The highest BCUT2D eigenvalue weighted by Gasteiger charge is 2.21. The fourth-order valence-electron chi connectivity index (χ4n) is 1.37. The largest absolute Gasteiger partial charge is 0.355 e. The molecule has 0 aromatic heterocycles. The third-order valence-corrected chi connectivity index (χ3v) is 4.48. The van der Waals surface area contributed by atoms with Crippen molar-refractivity contribution in [2.24, 2.45) is 0 Å². The third kappa shape index (κ3) is 4.93. The zero-order chi connectivity index (χ0) is 14.5. The van der Waals surface area contributed by atoms with Gasteiger partial charge in [-0.3, -0.25) is 4.79 Å². The van der Waals surface area contributed by atoms with Crippen LogP contribution in [0.3, 0.4) is 0 Å². The summed E-state index contributed by atoms with van der Waals surface area (Å²) in [6.07, 6.45) is 0.803. The van der Waals surface area contributed by atoms with E-state index in [1.54, 1.807) is 12.1 Å². The average Bonchev–Trinajstić information content (AvgIpc) is 2.35. The molecular formula is C12H17BrN2O3S. The number of benzene rings is 1. The van der Waals surface area contributed by atoms with Crippen LogP contribution < -0.4 is 10.0 Å². The lowest BCUT2D eigenvalue weighted by Crippen LogP contribution is -2.44. The van der Waals surface area contributed by atoms with E-state index in [0.29, 0.717) is 6.54 Å². The van der Waals surface area contributed by atoms with Crippen LogP contribution >= 0.6 is 15.9 Å². The Morgan fingerprint density at radius 2 is 1.89 bits per heavy atom. The van der Waals surface area contributed by atoms with Crippen molar-refractivity contribution in [2.45, 2.75) is 31.2 Å². The standard InChI is InChI=1S/C12H17BrN2O3S/c1-3-8-14-12(16)9(2)15-19(17,18)11-6-4-10(13)5-7-11/h4-7,9,15H,3,8H2,1-2H3,(H,14,16)/t9-/m1/s1. The van der Waals surface area contributed by atoms with E-state index >= 15 is 0 Å². The first-order valence-electron chi connectivity index (χ1n) is 5.92. The molecule has 0 fully saturated rings. The fourth-order valence-corrected chi connectivity index (χ4v) is 2.84. The van der Waals surface area contributed by atoms with E-state index in [4.69, 9.17) is 0 Å². The van der Waals surface area contributed by atoms with E-state index in [-0.39, 0.29) is 10.8 Å². The first-order chi connectivity index (χ1) is 8.86. The Balaban J connectivity index is 2.74. The first kappa shape index (κ1) is 16.1. The summed E-state index contributed by atoms with van der Waals surface area (Å²) in [6.45, 7) is 3.97. The second-order valence-electron chi connectivity index (χ2n) is 4.09. The third-order valence-electron chi connectivity index (χ3n) is 2.40. The van der Waals surface area contributed by atoms with Gasteiger partial charge in [-0.1, -0.05) is 22.9 Å². The summed E-state index contributed by atoms with van der Waals surface area (Å²) in [5, 5.41) is 2.64. The number of carbonyl (C=O) groups is 1. The van der Waals surface area contributed by atoms with Crippen molar-refractivity contribution < 1.29 is 13.2 Å². The number of amides is 1. The van der Waals surface area contributed by atoms with Crippen molar-refractivity contribution in [1.29, 1.82) is 0 Å². The van der Waals surface area contributed by atoms with Crippen molar-refractivity contribution in [2.75, 3.05) is 6.54 Å². The normalized spacial score (nSPS) is 13.0. The lowest BCUT2D eigenvalue weighted by atomic mass is 10.3. The summed E-state index contributed by atoms with van der Waals surface area (Å²) < 4.78 is 27.2. The van der Waals surface area contributed by atoms with Crippen LogP contribution in [0, 0.1) is 0 Å². The molecule has 0 saturated heterocycles. The van der Waals surface area contributed by atoms with Crippen LogP contribution in [0.1, 0.15) is 20.3 Å². The second-order valence-corrected chi connectivity index (χ2v) is 6.72. The minimum absolute atomic E-state index is 0.130. The summed E-state index contributed by atoms with van der Waals surface area (Å²) in [4.78, 5) is 11.7. The van der Waals surface area contributed by atoms with Crippen LogP contribution in [0.5, 0.6) is 0 Å². The summed E-state index contributed by atoms with van der Waals surface area (Å²) in [7, 11) is -3.68.